The van der Waals surface area contributed by atoms with E-state index >= 15 is 0 Å². The van der Waals surface area contributed by atoms with Gasteiger partial charge < -0.3 is 0 Å². The summed E-state index contributed by atoms with van der Waals surface area (Å²) in [7, 11) is 0. The molecule has 10 aromatic rings. The quantitative estimate of drug-likeness (QED) is 0.191. The Bertz CT molecular complexity index is 2770. The molecule has 0 saturated heterocycles. The molecule has 3 nitrogen and oxygen atoms in total. The number of hydrogen-bond donors (Lipinski definition) is 0. The lowest BCUT2D eigenvalue weighted by Crippen LogP contribution is -2.03. The topological polar surface area (TPSA) is 30.7 Å². The molecule has 0 aliphatic heterocycles. The average molecular weight is 578 g/mol. The molecular formula is C40H23N3S. The first-order valence-electron chi connectivity index (χ1n) is 14.9. The Kier molecular flexibility index (Phi) is 4.87. The van der Waals surface area contributed by atoms with Gasteiger partial charge in [0.05, 0.1) is 26.6 Å². The van der Waals surface area contributed by atoms with E-state index in [0.29, 0.717) is 0 Å². The molecule has 0 spiro atoms. The minimum Gasteiger partial charge on any atom is -0.292 e. The first-order chi connectivity index (χ1) is 21.8. The van der Waals surface area contributed by atoms with Crippen molar-refractivity contribution < 1.29 is 0 Å². The molecule has 0 atom stereocenters. The third-order valence-electron chi connectivity index (χ3n) is 8.96. The maximum atomic E-state index is 5.46. The van der Waals surface area contributed by atoms with Gasteiger partial charge in [-0.15, -0.1) is 11.3 Å². The van der Waals surface area contributed by atoms with Crippen LogP contribution in [0.2, 0.25) is 0 Å². The van der Waals surface area contributed by atoms with Crippen LogP contribution in [0.3, 0.4) is 0 Å². The Morgan fingerprint density at radius 1 is 0.477 bits per heavy atom. The fourth-order valence-electron chi connectivity index (χ4n) is 7.11. The zero-order chi connectivity index (χ0) is 28.8. The smallest absolute Gasteiger partial charge is 0.162 e. The SMILES string of the molecule is c1ccc(-c2nc(-n3c4ccccc4c4c5ccccc5c5c6ccccc6sc5c43)c3c(ccc4ccccc43)n2)cc1. The molecule has 0 unspecified atom stereocenters. The number of nitrogens with zero attached hydrogens (tertiary/aromatic N) is 3. The number of aromatic nitrogens is 3. The number of rotatable bonds is 2. The van der Waals surface area contributed by atoms with E-state index in [-0.39, 0.29) is 0 Å². The van der Waals surface area contributed by atoms with E-state index in [4.69, 9.17) is 9.97 Å². The second-order valence-electron chi connectivity index (χ2n) is 11.3. The molecule has 3 heterocycles. The lowest BCUT2D eigenvalue weighted by Gasteiger charge is -2.15. The van der Waals surface area contributed by atoms with Crippen LogP contribution in [0.5, 0.6) is 0 Å². The highest BCUT2D eigenvalue weighted by atomic mass is 32.1. The maximum Gasteiger partial charge on any atom is 0.162 e. The summed E-state index contributed by atoms with van der Waals surface area (Å²) in [6, 6.07) is 49.7. The average Bonchev–Trinajstić information content (AvgIpc) is 3.65. The number of hydrogen-bond acceptors (Lipinski definition) is 3. The molecule has 0 amide bonds. The summed E-state index contributed by atoms with van der Waals surface area (Å²) in [6.45, 7) is 0. The van der Waals surface area contributed by atoms with Crippen LogP contribution in [0.4, 0.5) is 0 Å². The van der Waals surface area contributed by atoms with E-state index in [1.807, 2.05) is 17.4 Å². The first kappa shape index (κ1) is 23.9. The van der Waals surface area contributed by atoms with Crippen molar-refractivity contribution in [3.8, 4) is 17.2 Å². The highest BCUT2D eigenvalue weighted by molar-refractivity contribution is 7.27. The first-order valence-corrected chi connectivity index (χ1v) is 15.7. The second kappa shape index (κ2) is 8.96. The molecule has 0 bridgehead atoms. The molecule has 0 N–H and O–H groups in total. The van der Waals surface area contributed by atoms with Gasteiger partial charge in [0.15, 0.2) is 5.82 Å². The van der Waals surface area contributed by atoms with Crippen molar-refractivity contribution in [2.45, 2.75) is 0 Å². The second-order valence-corrected chi connectivity index (χ2v) is 12.4. The Labute approximate surface area is 256 Å². The van der Waals surface area contributed by atoms with Crippen LogP contribution in [0.15, 0.2) is 140 Å². The van der Waals surface area contributed by atoms with Crippen molar-refractivity contribution in [2.24, 2.45) is 0 Å². The molecule has 204 valence electrons. The minimum atomic E-state index is 0.725. The normalized spacial score (nSPS) is 12.1. The number of fused-ring (bicyclic) bond motifs is 13. The molecule has 7 aromatic carbocycles. The summed E-state index contributed by atoms with van der Waals surface area (Å²) in [6.07, 6.45) is 0. The van der Waals surface area contributed by atoms with Gasteiger partial charge in [0, 0.05) is 31.8 Å². The maximum absolute atomic E-state index is 5.46. The van der Waals surface area contributed by atoms with Crippen LogP contribution in [-0.2, 0) is 0 Å². The van der Waals surface area contributed by atoms with Crippen molar-refractivity contribution in [2.75, 3.05) is 0 Å². The lowest BCUT2D eigenvalue weighted by molar-refractivity contribution is 1.08. The van der Waals surface area contributed by atoms with Crippen molar-refractivity contribution in [1.29, 1.82) is 0 Å². The van der Waals surface area contributed by atoms with Gasteiger partial charge in [-0.3, -0.25) is 4.57 Å². The van der Waals surface area contributed by atoms with E-state index in [1.54, 1.807) is 0 Å². The summed E-state index contributed by atoms with van der Waals surface area (Å²) in [5.74, 6) is 1.63. The monoisotopic (exact) mass is 577 g/mol. The van der Waals surface area contributed by atoms with Gasteiger partial charge >= 0.3 is 0 Å². The third kappa shape index (κ3) is 3.20. The van der Waals surface area contributed by atoms with Crippen LogP contribution in [0.1, 0.15) is 0 Å². The molecule has 0 fully saturated rings. The van der Waals surface area contributed by atoms with Crippen LogP contribution in [0.25, 0.3) is 91.6 Å². The van der Waals surface area contributed by atoms with Gasteiger partial charge in [0.2, 0.25) is 0 Å². The Morgan fingerprint density at radius 2 is 1.14 bits per heavy atom. The Hall–Kier alpha value is -5.58. The fraction of sp³-hybridized carbons (Fsp3) is 0. The van der Waals surface area contributed by atoms with Gasteiger partial charge in [-0.25, -0.2) is 9.97 Å². The van der Waals surface area contributed by atoms with Crippen molar-refractivity contribution in [3.05, 3.63) is 140 Å². The highest BCUT2D eigenvalue weighted by Gasteiger charge is 2.24. The minimum absolute atomic E-state index is 0.725. The van der Waals surface area contributed by atoms with Crippen LogP contribution in [0, 0.1) is 0 Å². The number of benzene rings is 7. The molecule has 44 heavy (non-hydrogen) atoms. The number of para-hydroxylation sites is 1. The Morgan fingerprint density at radius 3 is 1.98 bits per heavy atom. The standard InChI is InChI=1S/C40H23N3S/c1-2-13-25(14-3-1)39-41-31-23-22-24-12-4-5-15-26(24)36(31)40(42-39)43-32-20-10-8-18-29(32)34-27-16-6-7-17-28(27)35-30-19-9-11-21-33(30)44-38(35)37(34)43/h1-23H. The highest BCUT2D eigenvalue weighted by Crippen LogP contribution is 2.48. The summed E-state index contributed by atoms with van der Waals surface area (Å²) in [5.41, 5.74) is 4.28. The largest absolute Gasteiger partial charge is 0.292 e. The zero-order valence-corrected chi connectivity index (χ0v) is 24.3. The van der Waals surface area contributed by atoms with E-state index in [2.05, 4.69) is 138 Å². The predicted octanol–water partition coefficient (Wildman–Crippen LogP) is 11.1. The molecule has 3 aromatic heterocycles. The molecule has 0 aliphatic carbocycles. The molecule has 0 aliphatic rings. The number of thiophene rings is 1. The van der Waals surface area contributed by atoms with Gasteiger partial charge in [-0.05, 0) is 39.7 Å². The fourth-order valence-corrected chi connectivity index (χ4v) is 8.37. The van der Waals surface area contributed by atoms with Gasteiger partial charge in [-0.2, -0.15) is 0 Å². The zero-order valence-electron chi connectivity index (χ0n) is 23.5. The molecule has 10 rings (SSSR count). The summed E-state index contributed by atoms with van der Waals surface area (Å²) < 4.78 is 5.00. The van der Waals surface area contributed by atoms with E-state index < -0.39 is 0 Å². The van der Waals surface area contributed by atoms with Crippen molar-refractivity contribution in [1.82, 2.24) is 14.5 Å². The summed E-state index contributed by atoms with van der Waals surface area (Å²) in [4.78, 5) is 10.6. The van der Waals surface area contributed by atoms with Gasteiger partial charge in [0.1, 0.15) is 5.82 Å². The van der Waals surface area contributed by atoms with Crippen LogP contribution >= 0.6 is 11.3 Å². The molecule has 4 heteroatoms. The lowest BCUT2D eigenvalue weighted by atomic mass is 9.99. The van der Waals surface area contributed by atoms with E-state index in [0.717, 1.165) is 39.0 Å². The summed E-state index contributed by atoms with van der Waals surface area (Å²) in [5, 5.41) is 11.0. The Balaban J connectivity index is 1.51. The van der Waals surface area contributed by atoms with E-state index in [9.17, 15) is 0 Å². The molecular weight excluding hydrogens is 555 g/mol. The third-order valence-corrected chi connectivity index (χ3v) is 10.1. The van der Waals surface area contributed by atoms with Crippen LogP contribution in [-0.4, -0.2) is 14.5 Å². The summed E-state index contributed by atoms with van der Waals surface area (Å²) >= 11 is 1.88. The van der Waals surface area contributed by atoms with Crippen LogP contribution < -0.4 is 0 Å². The van der Waals surface area contributed by atoms with Gasteiger partial charge in [0.25, 0.3) is 0 Å². The van der Waals surface area contributed by atoms with Crippen molar-refractivity contribution >= 4 is 85.8 Å². The molecule has 0 saturated carbocycles. The molecule has 0 radical (unpaired) electrons. The van der Waals surface area contributed by atoms with Crippen molar-refractivity contribution in [3.63, 3.8) is 0 Å². The predicted molar refractivity (Wildman–Crippen MR) is 187 cm³/mol. The van der Waals surface area contributed by atoms with Gasteiger partial charge in [-0.1, -0.05) is 121 Å². The van der Waals surface area contributed by atoms with E-state index in [1.165, 1.54) is 52.6 Å².